The number of unbranched alkanes of at least 4 members (excludes halogenated alkanes) is 33. The van der Waals surface area contributed by atoms with Crippen molar-refractivity contribution in [1.82, 2.24) is 5.32 Å². The second-order valence-electron chi connectivity index (χ2n) is 19.2. The molecular weight excluding hydrogens is 780 g/mol. The van der Waals surface area contributed by atoms with Gasteiger partial charge in [0.1, 0.15) is 13.2 Å². The molecule has 0 rings (SSSR count). The monoisotopic (exact) mass is 883 g/mol. The Bertz CT molecular complexity index is 1050. The van der Waals surface area contributed by atoms with Crippen LogP contribution in [0.5, 0.6) is 0 Å². The predicted octanol–water partition coefficient (Wildman–Crippen LogP) is 14.6. The number of phosphoric acid groups is 1. The highest BCUT2D eigenvalue weighted by molar-refractivity contribution is 7.45. The van der Waals surface area contributed by atoms with E-state index in [1.165, 1.54) is 193 Å². The summed E-state index contributed by atoms with van der Waals surface area (Å²) < 4.78 is 23.3. The van der Waals surface area contributed by atoms with Gasteiger partial charge >= 0.3 is 0 Å². The van der Waals surface area contributed by atoms with Crippen molar-refractivity contribution < 1.29 is 32.9 Å². The van der Waals surface area contributed by atoms with E-state index in [0.29, 0.717) is 17.4 Å². The molecule has 9 heteroatoms. The number of aliphatic hydroxyl groups is 1. The summed E-state index contributed by atoms with van der Waals surface area (Å²) in [4.78, 5) is 25.4. The molecule has 0 bridgehead atoms. The molecular formula is C52H103N2O6P. The van der Waals surface area contributed by atoms with Gasteiger partial charge in [0.2, 0.25) is 5.91 Å². The van der Waals surface area contributed by atoms with Gasteiger partial charge in [0, 0.05) is 6.42 Å². The highest BCUT2D eigenvalue weighted by atomic mass is 31.2. The smallest absolute Gasteiger partial charge is 0.268 e. The molecule has 0 radical (unpaired) electrons. The Kier molecular flexibility index (Phi) is 43.5. The molecule has 0 fully saturated rings. The van der Waals surface area contributed by atoms with E-state index in [1.807, 2.05) is 27.2 Å². The quantitative estimate of drug-likeness (QED) is 0.0273. The summed E-state index contributed by atoms with van der Waals surface area (Å²) in [5.74, 6) is -0.203. The highest BCUT2D eigenvalue weighted by Crippen LogP contribution is 2.38. The third-order valence-electron chi connectivity index (χ3n) is 11.9. The molecule has 61 heavy (non-hydrogen) atoms. The van der Waals surface area contributed by atoms with E-state index in [4.69, 9.17) is 9.05 Å². The number of carbonyl (C=O) groups is 1. The van der Waals surface area contributed by atoms with Crippen LogP contribution in [0.4, 0.5) is 0 Å². The minimum absolute atomic E-state index is 0.00393. The SMILES string of the molecule is CCCCCCCCCCCCC/C=C/CC/C=C/[C@@H](O)[C@H](COP(=O)([O-])OCC[N+](C)(C)C)NC(=O)CCCCCCCCCCCCCCCCCCCCCCCC. The minimum Gasteiger partial charge on any atom is -0.756 e. The number of hydrogen-bond acceptors (Lipinski definition) is 6. The summed E-state index contributed by atoms with van der Waals surface area (Å²) in [6.45, 7) is 4.66. The molecule has 0 aliphatic rings. The lowest BCUT2D eigenvalue weighted by Crippen LogP contribution is -2.45. The number of quaternary nitrogens is 1. The van der Waals surface area contributed by atoms with E-state index < -0.39 is 20.0 Å². The van der Waals surface area contributed by atoms with Crippen molar-refractivity contribution in [3.63, 3.8) is 0 Å². The molecule has 8 nitrogen and oxygen atoms in total. The zero-order chi connectivity index (χ0) is 45.0. The van der Waals surface area contributed by atoms with E-state index in [0.717, 1.165) is 38.5 Å². The lowest BCUT2D eigenvalue weighted by atomic mass is 10.0. The largest absolute Gasteiger partial charge is 0.756 e. The van der Waals surface area contributed by atoms with Gasteiger partial charge in [-0.15, -0.1) is 0 Å². The summed E-state index contributed by atoms with van der Waals surface area (Å²) in [5, 5.41) is 13.8. The average molecular weight is 883 g/mol. The molecule has 0 saturated heterocycles. The van der Waals surface area contributed by atoms with Crippen LogP contribution in [0.25, 0.3) is 0 Å². The fourth-order valence-corrected chi connectivity index (χ4v) is 8.48. The number of carbonyl (C=O) groups excluding carboxylic acids is 1. The fourth-order valence-electron chi connectivity index (χ4n) is 7.76. The molecule has 1 amide bonds. The lowest BCUT2D eigenvalue weighted by molar-refractivity contribution is -0.870. The third-order valence-corrected chi connectivity index (χ3v) is 12.9. The van der Waals surface area contributed by atoms with Crippen molar-refractivity contribution >= 4 is 13.7 Å². The molecule has 0 aliphatic heterocycles. The van der Waals surface area contributed by atoms with Crippen LogP contribution in [0.3, 0.4) is 0 Å². The Morgan fingerprint density at radius 3 is 1.33 bits per heavy atom. The Hall–Kier alpha value is -1.02. The molecule has 0 aliphatic carbocycles. The molecule has 0 saturated carbocycles. The van der Waals surface area contributed by atoms with E-state index >= 15 is 0 Å². The number of hydrogen-bond donors (Lipinski definition) is 2. The molecule has 0 aromatic rings. The van der Waals surface area contributed by atoms with Crippen LogP contribution < -0.4 is 10.2 Å². The molecule has 0 aromatic heterocycles. The van der Waals surface area contributed by atoms with E-state index in [9.17, 15) is 19.4 Å². The number of rotatable bonds is 48. The number of allylic oxidation sites excluding steroid dienone is 3. The molecule has 2 N–H and O–H groups in total. The number of phosphoric ester groups is 1. The van der Waals surface area contributed by atoms with Crippen molar-refractivity contribution in [3.05, 3.63) is 24.3 Å². The maximum absolute atomic E-state index is 12.9. The first kappa shape index (κ1) is 60.0. The van der Waals surface area contributed by atoms with E-state index in [2.05, 4.69) is 31.3 Å². The fraction of sp³-hybridized carbons (Fsp3) is 0.904. The van der Waals surface area contributed by atoms with Crippen LogP contribution >= 0.6 is 7.82 Å². The Balaban J connectivity index is 4.28. The van der Waals surface area contributed by atoms with Crippen molar-refractivity contribution in [2.24, 2.45) is 0 Å². The van der Waals surface area contributed by atoms with Gasteiger partial charge in [0.05, 0.1) is 39.9 Å². The van der Waals surface area contributed by atoms with Gasteiger partial charge in [0.15, 0.2) is 0 Å². The Morgan fingerprint density at radius 1 is 0.557 bits per heavy atom. The molecule has 0 spiro atoms. The van der Waals surface area contributed by atoms with Crippen molar-refractivity contribution in [3.8, 4) is 0 Å². The second kappa shape index (κ2) is 44.2. The summed E-state index contributed by atoms with van der Waals surface area (Å²) in [6, 6.07) is -0.899. The second-order valence-corrected chi connectivity index (χ2v) is 20.6. The maximum atomic E-state index is 12.9. The van der Waals surface area contributed by atoms with Gasteiger partial charge in [-0.2, -0.15) is 0 Å². The maximum Gasteiger partial charge on any atom is 0.268 e. The van der Waals surface area contributed by atoms with Crippen molar-refractivity contribution in [2.45, 2.75) is 264 Å². The number of nitrogens with zero attached hydrogens (tertiary/aromatic N) is 1. The third kappa shape index (κ3) is 46.8. The van der Waals surface area contributed by atoms with Crippen LogP contribution in [0.15, 0.2) is 24.3 Å². The highest BCUT2D eigenvalue weighted by Gasteiger charge is 2.23. The first-order chi connectivity index (χ1) is 29.5. The molecule has 0 aromatic carbocycles. The number of likely N-dealkylation sites (N-methyl/N-ethyl adjacent to an activating group) is 1. The summed E-state index contributed by atoms with van der Waals surface area (Å²) >= 11 is 0. The van der Waals surface area contributed by atoms with Gasteiger partial charge in [-0.1, -0.05) is 237 Å². The van der Waals surface area contributed by atoms with Gasteiger partial charge in [-0.25, -0.2) is 0 Å². The Morgan fingerprint density at radius 2 is 0.918 bits per heavy atom. The first-order valence-corrected chi connectivity index (χ1v) is 27.7. The lowest BCUT2D eigenvalue weighted by Gasteiger charge is -2.29. The van der Waals surface area contributed by atoms with Gasteiger partial charge in [-0.3, -0.25) is 9.36 Å². The molecule has 362 valence electrons. The number of nitrogens with one attached hydrogen (secondary N) is 1. The van der Waals surface area contributed by atoms with Gasteiger partial charge in [0.25, 0.3) is 7.82 Å². The summed E-state index contributed by atoms with van der Waals surface area (Å²) in [7, 11) is 1.25. The van der Waals surface area contributed by atoms with Crippen LogP contribution in [0.2, 0.25) is 0 Å². The summed E-state index contributed by atoms with van der Waals surface area (Å²) in [5.41, 5.74) is 0. The van der Waals surface area contributed by atoms with E-state index in [1.54, 1.807) is 6.08 Å². The number of aliphatic hydroxyl groups excluding tert-OH is 1. The summed E-state index contributed by atoms with van der Waals surface area (Å²) in [6.07, 6.45) is 53.8. The van der Waals surface area contributed by atoms with Crippen LogP contribution in [0.1, 0.15) is 251 Å². The average Bonchev–Trinajstić information content (AvgIpc) is 3.21. The molecule has 1 unspecified atom stereocenters. The van der Waals surface area contributed by atoms with Gasteiger partial charge in [-0.05, 0) is 32.1 Å². The van der Waals surface area contributed by atoms with Crippen LogP contribution in [-0.2, 0) is 18.4 Å². The normalized spacial score (nSPS) is 14.3. The Labute approximate surface area is 379 Å². The van der Waals surface area contributed by atoms with Crippen molar-refractivity contribution in [2.75, 3.05) is 40.9 Å². The zero-order valence-corrected chi connectivity index (χ0v) is 42.0. The minimum atomic E-state index is -4.60. The number of amides is 1. The van der Waals surface area contributed by atoms with E-state index in [-0.39, 0.29) is 19.1 Å². The van der Waals surface area contributed by atoms with Crippen molar-refractivity contribution in [1.29, 1.82) is 0 Å². The van der Waals surface area contributed by atoms with Gasteiger partial charge < -0.3 is 28.8 Å². The molecule has 0 heterocycles. The molecule has 3 atom stereocenters. The topological polar surface area (TPSA) is 108 Å². The first-order valence-electron chi connectivity index (χ1n) is 26.2. The predicted molar refractivity (Wildman–Crippen MR) is 261 cm³/mol. The standard InChI is InChI=1S/C52H103N2O6P/c1-6-8-10-12-14-16-18-20-22-24-25-26-27-28-30-32-34-36-38-40-42-44-46-52(56)53-50(49-60-61(57,58)59-48-47-54(3,4)5)51(55)45-43-41-39-37-35-33-31-29-23-21-19-17-15-13-11-9-7-2/h35,37,43,45,50-51,55H,6-34,36,38-42,44,46-49H2,1-5H3,(H-,53,56,57,58)/b37-35+,45-43+/t50-,51+/m0/s1. The van der Waals surface area contributed by atoms with Crippen LogP contribution in [-0.4, -0.2) is 68.5 Å². The van der Waals surface area contributed by atoms with Crippen LogP contribution in [0, 0.1) is 0 Å². The zero-order valence-electron chi connectivity index (χ0n) is 41.1.